The number of allylic oxidation sites excluding steroid dienone is 1. The molecule has 0 aliphatic heterocycles. The highest BCUT2D eigenvalue weighted by atomic mass is 16.4. The van der Waals surface area contributed by atoms with Crippen molar-refractivity contribution in [1.29, 1.82) is 0 Å². The van der Waals surface area contributed by atoms with Gasteiger partial charge in [-0.05, 0) is 54.3 Å². The van der Waals surface area contributed by atoms with Gasteiger partial charge >= 0.3 is 5.97 Å². The molecule has 0 heterocycles. The van der Waals surface area contributed by atoms with E-state index in [1.807, 2.05) is 0 Å². The van der Waals surface area contributed by atoms with Gasteiger partial charge in [-0.1, -0.05) is 26.8 Å². The molecule has 0 amide bonds. The molecule has 0 aromatic heterocycles. The number of aliphatic carboxylic acids is 1. The second-order valence-electron chi connectivity index (χ2n) is 7.22. The second-order valence-corrected chi connectivity index (χ2v) is 7.22. The van der Waals surface area contributed by atoms with E-state index in [2.05, 4.69) is 26.8 Å². The fourth-order valence-electron chi connectivity index (χ4n) is 5.25. The number of carboxylic acids is 1. The third-order valence-electron chi connectivity index (χ3n) is 5.71. The summed E-state index contributed by atoms with van der Waals surface area (Å²) in [5.74, 6) is 0.871. The zero-order valence-electron chi connectivity index (χ0n) is 11.0. The minimum absolute atomic E-state index is 0.289. The quantitative estimate of drug-likeness (QED) is 0.754. The van der Waals surface area contributed by atoms with Crippen molar-refractivity contribution >= 4 is 5.97 Å². The molecule has 17 heavy (non-hydrogen) atoms. The zero-order valence-corrected chi connectivity index (χ0v) is 11.0. The molecule has 0 radical (unpaired) electrons. The van der Waals surface area contributed by atoms with E-state index in [-0.39, 0.29) is 5.41 Å². The predicted molar refractivity (Wildman–Crippen MR) is 66.5 cm³/mol. The highest BCUT2D eigenvalue weighted by Gasteiger charge is 2.63. The average Bonchev–Trinajstić information content (AvgIpc) is 2.73. The van der Waals surface area contributed by atoms with Gasteiger partial charge in [0.15, 0.2) is 0 Å². The highest BCUT2D eigenvalue weighted by molar-refractivity contribution is 5.88. The van der Waals surface area contributed by atoms with Gasteiger partial charge in [-0.25, -0.2) is 4.79 Å². The monoisotopic (exact) mass is 234 g/mol. The number of rotatable bonds is 1. The van der Waals surface area contributed by atoms with Crippen LogP contribution in [0.15, 0.2) is 11.6 Å². The third-order valence-corrected chi connectivity index (χ3v) is 5.71. The molecule has 94 valence electrons. The Hall–Kier alpha value is -0.790. The predicted octanol–water partition coefficient (Wildman–Crippen LogP) is 3.48. The Bertz CT molecular complexity index is 407. The van der Waals surface area contributed by atoms with Crippen LogP contribution in [0, 0.1) is 28.6 Å². The first-order chi connectivity index (χ1) is 7.87. The summed E-state index contributed by atoms with van der Waals surface area (Å²) in [6.07, 6.45) is 6.79. The van der Waals surface area contributed by atoms with Crippen molar-refractivity contribution in [3.05, 3.63) is 11.6 Å². The van der Waals surface area contributed by atoms with Crippen LogP contribution < -0.4 is 0 Å². The molecule has 2 nitrogen and oxygen atoms in total. The van der Waals surface area contributed by atoms with Crippen molar-refractivity contribution in [2.45, 2.75) is 46.5 Å². The van der Waals surface area contributed by atoms with Crippen LogP contribution in [0.5, 0.6) is 0 Å². The Balaban J connectivity index is 2.06. The number of hydrogen-bond acceptors (Lipinski definition) is 1. The summed E-state index contributed by atoms with van der Waals surface area (Å²) in [7, 11) is 0. The van der Waals surface area contributed by atoms with E-state index in [1.165, 1.54) is 19.3 Å². The molecule has 2 saturated carbocycles. The number of carboxylic acid groups (broad SMARTS) is 1. The van der Waals surface area contributed by atoms with E-state index in [0.717, 1.165) is 12.0 Å². The Morgan fingerprint density at radius 1 is 1.41 bits per heavy atom. The van der Waals surface area contributed by atoms with E-state index in [1.54, 1.807) is 0 Å². The molecule has 2 heteroatoms. The first-order valence-electron chi connectivity index (χ1n) is 6.82. The van der Waals surface area contributed by atoms with E-state index in [4.69, 9.17) is 0 Å². The van der Waals surface area contributed by atoms with Crippen LogP contribution in [-0.2, 0) is 4.79 Å². The van der Waals surface area contributed by atoms with Gasteiger partial charge in [0.1, 0.15) is 0 Å². The molecule has 1 N–H and O–H groups in total. The molecule has 0 aromatic rings. The molecule has 3 rings (SSSR count). The fraction of sp³-hybridized carbons (Fsp3) is 0.800. The van der Waals surface area contributed by atoms with Crippen LogP contribution in [0.25, 0.3) is 0 Å². The standard InChI is InChI=1S/C15H22O2/c1-9-4-5-12-11(13(16)17)6-10-7-14(2,3)8-15(9,10)12/h6,9-10,12H,4-5,7-8H2,1-3H3,(H,16,17)/t9-,10?,12?,15?/m1/s1. The van der Waals surface area contributed by atoms with Gasteiger partial charge in [-0.3, -0.25) is 0 Å². The molecule has 2 fully saturated rings. The molecular weight excluding hydrogens is 212 g/mol. The van der Waals surface area contributed by atoms with Gasteiger partial charge in [-0.2, -0.15) is 0 Å². The van der Waals surface area contributed by atoms with Crippen LogP contribution in [-0.4, -0.2) is 11.1 Å². The summed E-state index contributed by atoms with van der Waals surface area (Å²) in [6, 6.07) is 0. The lowest BCUT2D eigenvalue weighted by atomic mass is 9.67. The first-order valence-corrected chi connectivity index (χ1v) is 6.82. The smallest absolute Gasteiger partial charge is 0.331 e. The Kier molecular flexibility index (Phi) is 2.10. The molecule has 1 spiro atoms. The molecule has 0 bridgehead atoms. The van der Waals surface area contributed by atoms with Gasteiger partial charge < -0.3 is 5.11 Å². The van der Waals surface area contributed by atoms with Gasteiger partial charge in [0, 0.05) is 5.57 Å². The topological polar surface area (TPSA) is 37.3 Å². The lowest BCUT2D eigenvalue weighted by Gasteiger charge is -2.36. The van der Waals surface area contributed by atoms with E-state index >= 15 is 0 Å². The maximum absolute atomic E-state index is 11.4. The number of carbonyl (C=O) groups is 1. The van der Waals surface area contributed by atoms with Crippen LogP contribution in [0.3, 0.4) is 0 Å². The van der Waals surface area contributed by atoms with Gasteiger partial charge in [0.05, 0.1) is 0 Å². The van der Waals surface area contributed by atoms with Crippen LogP contribution in [0.1, 0.15) is 46.5 Å². The van der Waals surface area contributed by atoms with Gasteiger partial charge in [-0.15, -0.1) is 0 Å². The van der Waals surface area contributed by atoms with E-state index in [0.29, 0.717) is 23.2 Å². The van der Waals surface area contributed by atoms with E-state index in [9.17, 15) is 9.90 Å². The largest absolute Gasteiger partial charge is 0.478 e. The van der Waals surface area contributed by atoms with E-state index < -0.39 is 5.97 Å². The van der Waals surface area contributed by atoms with Crippen molar-refractivity contribution in [3.8, 4) is 0 Å². The average molecular weight is 234 g/mol. The molecule has 3 aliphatic carbocycles. The van der Waals surface area contributed by atoms with Crippen LogP contribution in [0.4, 0.5) is 0 Å². The normalized spacial score (nSPS) is 46.5. The Morgan fingerprint density at radius 3 is 2.76 bits per heavy atom. The summed E-state index contributed by atoms with van der Waals surface area (Å²) < 4.78 is 0. The van der Waals surface area contributed by atoms with Gasteiger partial charge in [0.25, 0.3) is 0 Å². The molecule has 0 saturated heterocycles. The maximum atomic E-state index is 11.4. The Labute approximate surface area is 103 Å². The molecule has 3 unspecified atom stereocenters. The van der Waals surface area contributed by atoms with Crippen LogP contribution in [0.2, 0.25) is 0 Å². The summed E-state index contributed by atoms with van der Waals surface area (Å²) >= 11 is 0. The second kappa shape index (κ2) is 3.15. The highest BCUT2D eigenvalue weighted by Crippen LogP contribution is 2.70. The molecule has 4 atom stereocenters. The number of hydrogen-bond donors (Lipinski definition) is 1. The maximum Gasteiger partial charge on any atom is 0.331 e. The zero-order chi connectivity index (χ0) is 12.4. The van der Waals surface area contributed by atoms with Crippen LogP contribution >= 0.6 is 0 Å². The fourth-order valence-corrected chi connectivity index (χ4v) is 5.25. The van der Waals surface area contributed by atoms with Crippen molar-refractivity contribution in [2.75, 3.05) is 0 Å². The summed E-state index contributed by atoms with van der Waals surface area (Å²) in [5.41, 5.74) is 1.41. The molecule has 3 aliphatic rings. The molecular formula is C15H22O2. The van der Waals surface area contributed by atoms with Crippen molar-refractivity contribution in [2.24, 2.45) is 28.6 Å². The van der Waals surface area contributed by atoms with Crippen molar-refractivity contribution in [3.63, 3.8) is 0 Å². The van der Waals surface area contributed by atoms with Crippen molar-refractivity contribution in [1.82, 2.24) is 0 Å². The van der Waals surface area contributed by atoms with Gasteiger partial charge in [0.2, 0.25) is 0 Å². The SMILES string of the molecule is C[C@@H]1CCC2C(C(=O)O)=CC3CC(C)(C)CC321. The molecule has 0 aromatic carbocycles. The first kappa shape index (κ1) is 11.3. The minimum Gasteiger partial charge on any atom is -0.478 e. The minimum atomic E-state index is -0.671. The summed E-state index contributed by atoms with van der Waals surface area (Å²) in [5, 5.41) is 9.36. The third kappa shape index (κ3) is 1.30. The summed E-state index contributed by atoms with van der Waals surface area (Å²) in [6.45, 7) is 7.03. The lowest BCUT2D eigenvalue weighted by molar-refractivity contribution is -0.133. The summed E-state index contributed by atoms with van der Waals surface area (Å²) in [4.78, 5) is 11.4. The van der Waals surface area contributed by atoms with Crippen molar-refractivity contribution < 1.29 is 9.90 Å². The lowest BCUT2D eigenvalue weighted by Crippen LogP contribution is -2.32. The Morgan fingerprint density at radius 2 is 2.12 bits per heavy atom.